The fourth-order valence-electron chi connectivity index (χ4n) is 1.40. The van der Waals surface area contributed by atoms with E-state index in [0.717, 1.165) is 14.9 Å². The fourth-order valence-corrected chi connectivity index (χ4v) is 2.49. The number of hydrogen-bond donors (Lipinski definition) is 1. The minimum Gasteiger partial charge on any atom is -0.323 e. The molecule has 1 heterocycles. The lowest BCUT2D eigenvalue weighted by molar-refractivity contribution is -0.380. The molecule has 0 bridgehead atoms. The van der Waals surface area contributed by atoms with Gasteiger partial charge < -0.3 is 5.32 Å². The van der Waals surface area contributed by atoms with Gasteiger partial charge in [-0.05, 0) is 59.0 Å². The van der Waals surface area contributed by atoms with Gasteiger partial charge in [-0.2, -0.15) is 0 Å². The maximum absolute atomic E-state index is 11.7. The third-order valence-corrected chi connectivity index (χ3v) is 4.02. The lowest BCUT2D eigenvalue weighted by atomic mass is 10.3. The maximum atomic E-state index is 11.7. The number of benzene rings is 1. The van der Waals surface area contributed by atoms with E-state index in [4.69, 9.17) is 0 Å². The maximum Gasteiger partial charge on any atom is 0.324 e. The Kier molecular flexibility index (Phi) is 4.85. The lowest BCUT2D eigenvalue weighted by Crippen LogP contribution is -2.07. The van der Waals surface area contributed by atoms with E-state index >= 15 is 0 Å². The first kappa shape index (κ1) is 14.7. The first-order chi connectivity index (χ1) is 9.54. The molecule has 0 radical (unpaired) electrons. The summed E-state index contributed by atoms with van der Waals surface area (Å²) in [5, 5.41) is 13.3. The molecule has 0 fully saturated rings. The summed E-state index contributed by atoms with van der Waals surface area (Å²) in [7, 11) is 0. The molecule has 20 heavy (non-hydrogen) atoms. The number of thiophene rings is 1. The molecule has 0 aliphatic heterocycles. The second-order valence-corrected chi connectivity index (χ2v) is 6.10. The van der Waals surface area contributed by atoms with E-state index in [2.05, 4.69) is 27.9 Å². The molecule has 0 saturated carbocycles. The predicted molar refractivity (Wildman–Crippen MR) is 87.8 cm³/mol. The first-order valence-electron chi connectivity index (χ1n) is 5.53. The number of nitrogens with one attached hydrogen (secondary N) is 1. The van der Waals surface area contributed by atoms with Crippen LogP contribution < -0.4 is 5.32 Å². The predicted octanol–water partition coefficient (Wildman–Crippen LogP) is 3.91. The van der Waals surface area contributed by atoms with Gasteiger partial charge in [-0.3, -0.25) is 14.9 Å². The lowest BCUT2D eigenvalue weighted by Gasteiger charge is -2.01. The van der Waals surface area contributed by atoms with Crippen LogP contribution in [0.3, 0.4) is 0 Å². The minimum absolute atomic E-state index is 0.0580. The van der Waals surface area contributed by atoms with Crippen LogP contribution >= 0.6 is 33.9 Å². The van der Waals surface area contributed by atoms with Crippen LogP contribution in [0, 0.1) is 13.7 Å². The van der Waals surface area contributed by atoms with Gasteiger partial charge in [0.15, 0.2) is 0 Å². The highest BCUT2D eigenvalue weighted by Crippen LogP contribution is 2.24. The second-order valence-electron chi connectivity index (χ2n) is 3.76. The molecule has 2 aromatic rings. The zero-order valence-electron chi connectivity index (χ0n) is 10.1. The fraction of sp³-hybridized carbons (Fsp3) is 0. The van der Waals surface area contributed by atoms with Crippen molar-refractivity contribution >= 4 is 56.6 Å². The molecule has 7 heteroatoms. The molecule has 1 aromatic heterocycles. The average molecular weight is 400 g/mol. The van der Waals surface area contributed by atoms with Crippen molar-refractivity contribution in [2.24, 2.45) is 0 Å². The molecule has 0 atom stereocenters. The van der Waals surface area contributed by atoms with Crippen molar-refractivity contribution in [3.8, 4) is 0 Å². The van der Waals surface area contributed by atoms with Crippen LogP contribution in [-0.4, -0.2) is 10.8 Å². The topological polar surface area (TPSA) is 72.2 Å². The molecule has 1 amide bonds. The van der Waals surface area contributed by atoms with Crippen molar-refractivity contribution in [2.75, 3.05) is 5.32 Å². The third kappa shape index (κ3) is 4.14. The van der Waals surface area contributed by atoms with E-state index in [1.54, 1.807) is 12.1 Å². The number of nitrogens with zero attached hydrogens (tertiary/aromatic N) is 1. The Labute approximate surface area is 132 Å². The van der Waals surface area contributed by atoms with Crippen LogP contribution in [0.2, 0.25) is 0 Å². The van der Waals surface area contributed by atoms with Crippen molar-refractivity contribution in [3.63, 3.8) is 0 Å². The number of hydrogen-bond acceptors (Lipinski definition) is 4. The second kappa shape index (κ2) is 6.62. The van der Waals surface area contributed by atoms with Crippen molar-refractivity contribution in [1.82, 2.24) is 0 Å². The molecule has 0 aliphatic carbocycles. The SMILES string of the molecule is O=C(/C=C/c1ccc([N+](=O)[O-])s1)Nc1ccc(I)cc1. The first-order valence-corrected chi connectivity index (χ1v) is 7.43. The van der Waals surface area contributed by atoms with Crippen molar-refractivity contribution in [1.29, 1.82) is 0 Å². The van der Waals surface area contributed by atoms with Gasteiger partial charge in [-0.15, -0.1) is 0 Å². The number of carbonyl (C=O) groups excluding carboxylic acids is 1. The summed E-state index contributed by atoms with van der Waals surface area (Å²) in [6, 6.07) is 10.4. The monoisotopic (exact) mass is 400 g/mol. The molecule has 1 aromatic carbocycles. The van der Waals surface area contributed by atoms with Gasteiger partial charge >= 0.3 is 5.00 Å². The van der Waals surface area contributed by atoms with Gasteiger partial charge in [0.2, 0.25) is 5.91 Å². The Hall–Kier alpha value is -1.74. The molecule has 2 rings (SSSR count). The molecule has 0 unspecified atom stereocenters. The van der Waals surface area contributed by atoms with Crippen molar-refractivity contribution in [3.05, 3.63) is 61.0 Å². The average Bonchev–Trinajstić information content (AvgIpc) is 2.88. The van der Waals surface area contributed by atoms with Gasteiger partial charge in [-0.1, -0.05) is 11.3 Å². The summed E-state index contributed by atoms with van der Waals surface area (Å²) >= 11 is 3.21. The third-order valence-electron chi connectivity index (χ3n) is 2.30. The van der Waals surface area contributed by atoms with Crippen LogP contribution in [0.1, 0.15) is 4.88 Å². The van der Waals surface area contributed by atoms with Gasteiger partial charge in [0.1, 0.15) is 0 Å². The summed E-state index contributed by atoms with van der Waals surface area (Å²) in [5.74, 6) is -0.276. The van der Waals surface area contributed by atoms with Crippen molar-refractivity contribution in [2.45, 2.75) is 0 Å². The summed E-state index contributed by atoms with van der Waals surface area (Å²) in [6.07, 6.45) is 2.91. The Morgan fingerprint density at radius 2 is 1.95 bits per heavy atom. The number of carbonyl (C=O) groups is 1. The molecular formula is C13H9IN2O3S. The summed E-state index contributed by atoms with van der Waals surface area (Å²) < 4.78 is 1.09. The Morgan fingerprint density at radius 1 is 1.25 bits per heavy atom. The molecule has 1 N–H and O–H groups in total. The summed E-state index contributed by atoms with van der Waals surface area (Å²) in [5.41, 5.74) is 0.706. The van der Waals surface area contributed by atoms with Gasteiger partial charge in [0.05, 0.1) is 4.92 Å². The highest BCUT2D eigenvalue weighted by atomic mass is 127. The van der Waals surface area contributed by atoms with Crippen LogP contribution in [0.5, 0.6) is 0 Å². The van der Waals surface area contributed by atoms with Gasteiger partial charge in [0.25, 0.3) is 0 Å². The summed E-state index contributed by atoms with van der Waals surface area (Å²) in [6.45, 7) is 0. The number of amides is 1. The molecule has 0 saturated heterocycles. The zero-order chi connectivity index (χ0) is 14.5. The highest BCUT2D eigenvalue weighted by molar-refractivity contribution is 14.1. The number of rotatable bonds is 4. The Bertz CT molecular complexity index is 665. The Morgan fingerprint density at radius 3 is 2.55 bits per heavy atom. The zero-order valence-corrected chi connectivity index (χ0v) is 13.1. The van der Waals surface area contributed by atoms with Gasteiger partial charge in [-0.25, -0.2) is 0 Å². The van der Waals surface area contributed by atoms with E-state index < -0.39 is 4.92 Å². The van der Waals surface area contributed by atoms with Crippen LogP contribution in [0.15, 0.2) is 42.5 Å². The smallest absolute Gasteiger partial charge is 0.323 e. The van der Waals surface area contributed by atoms with Crippen LogP contribution in [0.25, 0.3) is 6.08 Å². The normalized spacial score (nSPS) is 10.7. The largest absolute Gasteiger partial charge is 0.324 e. The number of anilines is 1. The molecule has 102 valence electrons. The van der Waals surface area contributed by atoms with E-state index in [1.807, 2.05) is 24.3 Å². The van der Waals surface area contributed by atoms with Crippen LogP contribution in [-0.2, 0) is 4.79 Å². The van der Waals surface area contributed by atoms with Crippen molar-refractivity contribution < 1.29 is 9.72 Å². The molecular weight excluding hydrogens is 391 g/mol. The van der Waals surface area contributed by atoms with Gasteiger partial charge in [0, 0.05) is 26.3 Å². The standard InChI is InChI=1S/C13H9IN2O3S/c14-9-1-3-10(4-2-9)15-12(17)7-5-11-6-8-13(20-11)16(18)19/h1-8H,(H,15,17)/b7-5+. The summed E-state index contributed by atoms with van der Waals surface area (Å²) in [4.78, 5) is 22.4. The van der Waals surface area contributed by atoms with Crippen LogP contribution in [0.4, 0.5) is 10.7 Å². The minimum atomic E-state index is -0.451. The van der Waals surface area contributed by atoms with E-state index in [9.17, 15) is 14.9 Å². The van der Waals surface area contributed by atoms with E-state index in [1.165, 1.54) is 12.1 Å². The quantitative estimate of drug-likeness (QED) is 0.366. The highest BCUT2D eigenvalue weighted by Gasteiger charge is 2.07. The molecule has 0 spiro atoms. The number of nitro groups is 1. The number of halogens is 1. The molecule has 0 aliphatic rings. The molecule has 5 nitrogen and oxygen atoms in total. The Balaban J connectivity index is 1.98. The van der Waals surface area contributed by atoms with E-state index in [-0.39, 0.29) is 10.9 Å². The van der Waals surface area contributed by atoms with E-state index in [0.29, 0.717) is 10.6 Å².